The highest BCUT2D eigenvalue weighted by molar-refractivity contribution is 5.76. The van der Waals surface area contributed by atoms with Gasteiger partial charge in [0.25, 0.3) is 0 Å². The Labute approximate surface area is 90.6 Å². The van der Waals surface area contributed by atoms with E-state index in [-0.39, 0.29) is 6.03 Å². The number of piperidine rings is 1. The van der Waals surface area contributed by atoms with E-state index in [4.69, 9.17) is 5.73 Å². The Kier molecular flexibility index (Phi) is 3.43. The molecule has 86 valence electrons. The molecule has 2 rings (SSSR count). The Morgan fingerprint density at radius 2 is 2.07 bits per heavy atom. The molecule has 0 aromatic carbocycles. The zero-order valence-electron chi connectivity index (χ0n) is 9.11. The van der Waals surface area contributed by atoms with Crippen molar-refractivity contribution in [2.75, 3.05) is 39.3 Å². The average molecular weight is 212 g/mol. The van der Waals surface area contributed by atoms with Crippen LogP contribution in [0.1, 0.15) is 12.8 Å². The number of amides is 2. The first-order valence-corrected chi connectivity index (χ1v) is 5.78. The second kappa shape index (κ2) is 4.81. The predicted octanol–water partition coefficient (Wildman–Crippen LogP) is -0.565. The number of carbonyl (C=O) groups excluding carboxylic acids is 1. The lowest BCUT2D eigenvalue weighted by Gasteiger charge is -2.35. The monoisotopic (exact) mass is 212 g/mol. The summed E-state index contributed by atoms with van der Waals surface area (Å²) < 4.78 is 0. The number of hydrogen-bond acceptors (Lipinski definition) is 3. The Morgan fingerprint density at radius 3 is 2.60 bits per heavy atom. The molecule has 0 unspecified atom stereocenters. The Balaban J connectivity index is 1.80. The fourth-order valence-corrected chi connectivity index (χ4v) is 2.47. The van der Waals surface area contributed by atoms with Crippen molar-refractivity contribution in [1.29, 1.82) is 0 Å². The van der Waals surface area contributed by atoms with E-state index in [2.05, 4.69) is 10.2 Å². The molecule has 0 aliphatic carbocycles. The molecule has 2 heterocycles. The summed E-state index contributed by atoms with van der Waals surface area (Å²) in [5.74, 6) is 0. The maximum Gasteiger partial charge on any atom is 0.317 e. The van der Waals surface area contributed by atoms with Gasteiger partial charge in [-0.2, -0.15) is 0 Å². The van der Waals surface area contributed by atoms with Crippen molar-refractivity contribution in [3.8, 4) is 0 Å². The normalized spacial score (nSPS) is 24.6. The van der Waals surface area contributed by atoms with Crippen molar-refractivity contribution < 1.29 is 4.79 Å². The summed E-state index contributed by atoms with van der Waals surface area (Å²) >= 11 is 0. The zero-order chi connectivity index (χ0) is 10.7. The van der Waals surface area contributed by atoms with E-state index in [9.17, 15) is 4.79 Å². The topological polar surface area (TPSA) is 61.6 Å². The zero-order valence-corrected chi connectivity index (χ0v) is 9.11. The van der Waals surface area contributed by atoms with Gasteiger partial charge in [0, 0.05) is 45.3 Å². The van der Waals surface area contributed by atoms with Crippen LogP contribution in [-0.4, -0.2) is 61.1 Å². The molecule has 15 heavy (non-hydrogen) atoms. The van der Waals surface area contributed by atoms with Crippen molar-refractivity contribution in [2.24, 2.45) is 5.73 Å². The molecule has 0 radical (unpaired) electrons. The van der Waals surface area contributed by atoms with Crippen LogP contribution in [0.2, 0.25) is 0 Å². The Morgan fingerprint density at radius 1 is 1.33 bits per heavy atom. The molecule has 0 bridgehead atoms. The van der Waals surface area contributed by atoms with E-state index in [0.717, 1.165) is 52.1 Å². The molecule has 2 fully saturated rings. The highest BCUT2D eigenvalue weighted by Gasteiger charge is 2.30. The minimum atomic E-state index is 0.118. The molecule has 5 nitrogen and oxygen atoms in total. The van der Waals surface area contributed by atoms with E-state index in [1.807, 2.05) is 4.90 Å². The fraction of sp³-hybridized carbons (Fsp3) is 0.900. The van der Waals surface area contributed by atoms with Gasteiger partial charge in [-0.3, -0.25) is 0 Å². The van der Waals surface area contributed by atoms with Gasteiger partial charge >= 0.3 is 6.03 Å². The van der Waals surface area contributed by atoms with Crippen LogP contribution in [0.25, 0.3) is 0 Å². The third-order valence-corrected chi connectivity index (χ3v) is 3.33. The van der Waals surface area contributed by atoms with Gasteiger partial charge in [-0.15, -0.1) is 0 Å². The summed E-state index contributed by atoms with van der Waals surface area (Å²) in [5.41, 5.74) is 5.52. The van der Waals surface area contributed by atoms with Crippen LogP contribution >= 0.6 is 0 Å². The number of rotatable bonds is 3. The second-order valence-electron chi connectivity index (χ2n) is 4.29. The number of nitrogens with zero attached hydrogens (tertiary/aromatic N) is 2. The van der Waals surface area contributed by atoms with Gasteiger partial charge < -0.3 is 20.9 Å². The maximum absolute atomic E-state index is 11.5. The van der Waals surface area contributed by atoms with Gasteiger partial charge in [-0.25, -0.2) is 4.79 Å². The first kappa shape index (κ1) is 10.7. The Hall–Kier alpha value is -0.810. The van der Waals surface area contributed by atoms with E-state index < -0.39 is 0 Å². The van der Waals surface area contributed by atoms with Crippen LogP contribution in [0.15, 0.2) is 0 Å². The largest absolute Gasteiger partial charge is 0.336 e. The Bertz CT molecular complexity index is 225. The van der Waals surface area contributed by atoms with Crippen molar-refractivity contribution >= 4 is 6.03 Å². The van der Waals surface area contributed by atoms with Crippen molar-refractivity contribution in [3.63, 3.8) is 0 Å². The summed E-state index contributed by atoms with van der Waals surface area (Å²) in [7, 11) is 0. The van der Waals surface area contributed by atoms with Crippen LogP contribution in [0.3, 0.4) is 0 Å². The summed E-state index contributed by atoms with van der Waals surface area (Å²) in [6.45, 7) is 5.55. The van der Waals surface area contributed by atoms with Gasteiger partial charge in [0.2, 0.25) is 0 Å². The molecule has 3 N–H and O–H groups in total. The first-order chi connectivity index (χ1) is 7.31. The van der Waals surface area contributed by atoms with Crippen LogP contribution in [0.5, 0.6) is 0 Å². The highest BCUT2D eigenvalue weighted by atomic mass is 16.2. The van der Waals surface area contributed by atoms with Gasteiger partial charge in [0.1, 0.15) is 0 Å². The van der Waals surface area contributed by atoms with E-state index >= 15 is 0 Å². The standard InChI is InChI=1S/C10H20N4O/c11-3-7-13-5-1-9(2-6-13)14-8-4-12-10(14)15/h9H,1-8,11H2,(H,12,15). The fourth-order valence-electron chi connectivity index (χ4n) is 2.47. The van der Waals surface area contributed by atoms with Crippen molar-refractivity contribution in [2.45, 2.75) is 18.9 Å². The quantitative estimate of drug-likeness (QED) is 0.659. The van der Waals surface area contributed by atoms with E-state index in [0.29, 0.717) is 6.04 Å². The summed E-state index contributed by atoms with van der Waals surface area (Å²) in [6, 6.07) is 0.564. The number of hydrogen-bond donors (Lipinski definition) is 2. The third-order valence-electron chi connectivity index (χ3n) is 3.33. The molecule has 0 aromatic heterocycles. The molecule has 5 heteroatoms. The molecular weight excluding hydrogens is 192 g/mol. The minimum Gasteiger partial charge on any atom is -0.336 e. The molecular formula is C10H20N4O. The third kappa shape index (κ3) is 2.41. The van der Waals surface area contributed by atoms with Crippen LogP contribution in [0.4, 0.5) is 4.79 Å². The van der Waals surface area contributed by atoms with Gasteiger partial charge in [0.15, 0.2) is 0 Å². The number of urea groups is 1. The molecule has 2 aliphatic rings. The van der Waals surface area contributed by atoms with Crippen molar-refractivity contribution in [1.82, 2.24) is 15.1 Å². The molecule has 0 spiro atoms. The number of carbonyl (C=O) groups is 1. The number of likely N-dealkylation sites (tertiary alicyclic amines) is 1. The lowest BCUT2D eigenvalue weighted by Crippen LogP contribution is -2.47. The molecule has 2 saturated heterocycles. The summed E-state index contributed by atoms with van der Waals surface area (Å²) in [4.78, 5) is 15.8. The summed E-state index contributed by atoms with van der Waals surface area (Å²) in [5, 5.41) is 2.86. The molecule has 0 atom stereocenters. The van der Waals surface area contributed by atoms with Gasteiger partial charge in [-0.1, -0.05) is 0 Å². The lowest BCUT2D eigenvalue weighted by atomic mass is 10.0. The highest BCUT2D eigenvalue weighted by Crippen LogP contribution is 2.17. The number of nitrogens with one attached hydrogen (secondary N) is 1. The van der Waals surface area contributed by atoms with Crippen molar-refractivity contribution in [3.05, 3.63) is 0 Å². The molecule has 0 saturated carbocycles. The summed E-state index contributed by atoms with van der Waals surface area (Å²) in [6.07, 6.45) is 2.18. The van der Waals surface area contributed by atoms with Crippen LogP contribution < -0.4 is 11.1 Å². The molecule has 0 aromatic rings. The average Bonchev–Trinajstić information content (AvgIpc) is 2.66. The second-order valence-corrected chi connectivity index (χ2v) is 4.29. The van der Waals surface area contributed by atoms with Crippen LogP contribution in [0, 0.1) is 0 Å². The van der Waals surface area contributed by atoms with Gasteiger partial charge in [0.05, 0.1) is 0 Å². The lowest BCUT2D eigenvalue weighted by molar-refractivity contribution is 0.138. The molecule has 2 aliphatic heterocycles. The first-order valence-electron chi connectivity index (χ1n) is 5.78. The predicted molar refractivity (Wildman–Crippen MR) is 58.6 cm³/mol. The maximum atomic E-state index is 11.5. The minimum absolute atomic E-state index is 0.118. The van der Waals surface area contributed by atoms with E-state index in [1.165, 1.54) is 0 Å². The van der Waals surface area contributed by atoms with E-state index in [1.54, 1.807) is 0 Å². The number of nitrogens with two attached hydrogens (primary N) is 1. The SMILES string of the molecule is NCCN1CCC(N2CCNC2=O)CC1. The smallest absolute Gasteiger partial charge is 0.317 e. The molecule has 2 amide bonds. The van der Waals surface area contributed by atoms with Gasteiger partial charge in [-0.05, 0) is 12.8 Å². The van der Waals surface area contributed by atoms with Crippen LogP contribution in [-0.2, 0) is 0 Å².